The second-order valence-electron chi connectivity index (χ2n) is 5.54. The largest absolute Gasteiger partial charge is 0.382 e. The van der Waals surface area contributed by atoms with Gasteiger partial charge >= 0.3 is 0 Å². The number of carbonyl (C=O) groups excluding carboxylic acids is 1. The van der Waals surface area contributed by atoms with Crippen molar-refractivity contribution in [2.45, 2.75) is 12.8 Å². The van der Waals surface area contributed by atoms with Crippen molar-refractivity contribution in [1.82, 2.24) is 20.8 Å². The zero-order valence-electron chi connectivity index (χ0n) is 14.9. The van der Waals surface area contributed by atoms with Crippen LogP contribution < -0.4 is 33.8 Å². The number of aromatic nitrogens is 2. The van der Waals surface area contributed by atoms with Gasteiger partial charge in [-0.15, -0.1) is 0 Å². The van der Waals surface area contributed by atoms with E-state index in [1.165, 1.54) is 5.56 Å². The molecule has 1 heterocycles. The average Bonchev–Trinajstić information content (AvgIpc) is 2.67. The number of nitrogens with two attached hydrogens (primary N) is 4. The highest BCUT2D eigenvalue weighted by atomic mass is 35.5. The van der Waals surface area contributed by atoms with Crippen LogP contribution in [0.3, 0.4) is 0 Å². The number of amides is 1. The van der Waals surface area contributed by atoms with Crippen molar-refractivity contribution in [3.63, 3.8) is 0 Å². The molecule has 11 nitrogen and oxygen atoms in total. The van der Waals surface area contributed by atoms with Gasteiger partial charge in [0.2, 0.25) is 11.9 Å². The normalized spacial score (nSPS) is 11.9. The molecule has 10 N–H and O–H groups in total. The molecule has 0 aliphatic carbocycles. The quantitative estimate of drug-likeness (QED) is 0.170. The van der Waals surface area contributed by atoms with Crippen LogP contribution in [0.4, 0.5) is 11.6 Å². The van der Waals surface area contributed by atoms with Crippen LogP contribution in [0.2, 0.25) is 5.15 Å². The van der Waals surface area contributed by atoms with Gasteiger partial charge < -0.3 is 22.9 Å². The Hall–Kier alpha value is -3.60. The molecule has 12 heteroatoms. The number of nitrogens with one attached hydrogen (secondary N) is 2. The number of hydrazine groups is 1. The topological polar surface area (TPSA) is 196 Å². The molecule has 0 bridgehead atoms. The summed E-state index contributed by atoms with van der Waals surface area (Å²) >= 11 is 5.73. The molecule has 148 valence electrons. The number of hydrogen-bond donors (Lipinski definition) is 6. The number of nitrogens with zero attached hydrogens (tertiary/aromatic N) is 4. The molecular weight excluding hydrogens is 384 g/mol. The monoisotopic (exact) mass is 404 g/mol. The van der Waals surface area contributed by atoms with Crippen LogP contribution >= 0.6 is 11.6 Å². The van der Waals surface area contributed by atoms with Gasteiger partial charge in [-0.25, -0.2) is 9.97 Å². The van der Waals surface area contributed by atoms with Crippen LogP contribution in [0, 0.1) is 0 Å². The molecule has 1 aromatic heterocycles. The summed E-state index contributed by atoms with van der Waals surface area (Å²) in [7, 11) is 0. The Balaban J connectivity index is 1.82. The minimum Gasteiger partial charge on any atom is -0.382 e. The van der Waals surface area contributed by atoms with Crippen molar-refractivity contribution in [3.8, 4) is 0 Å². The molecule has 28 heavy (non-hydrogen) atoms. The second-order valence-corrected chi connectivity index (χ2v) is 5.90. The smallest absolute Gasteiger partial charge is 0.292 e. The maximum Gasteiger partial charge on any atom is 0.292 e. The van der Waals surface area contributed by atoms with E-state index < -0.39 is 5.91 Å². The first-order valence-corrected chi connectivity index (χ1v) is 8.57. The van der Waals surface area contributed by atoms with Crippen molar-refractivity contribution in [2.24, 2.45) is 21.5 Å². The number of rotatable bonds is 5. The number of nitrogen functional groups attached to an aromatic ring is 2. The fourth-order valence-corrected chi connectivity index (χ4v) is 2.22. The number of benzene rings is 1. The predicted molar refractivity (Wildman–Crippen MR) is 109 cm³/mol. The molecule has 0 unspecified atom stereocenters. The number of anilines is 2. The van der Waals surface area contributed by atoms with Crippen molar-refractivity contribution in [2.75, 3.05) is 18.0 Å². The number of halogens is 1. The molecule has 0 aliphatic heterocycles. The Kier molecular flexibility index (Phi) is 7.34. The van der Waals surface area contributed by atoms with Crippen molar-refractivity contribution >= 4 is 41.1 Å². The predicted octanol–water partition coefficient (Wildman–Crippen LogP) is -0.209. The van der Waals surface area contributed by atoms with Gasteiger partial charge in [0.15, 0.2) is 22.5 Å². The maximum absolute atomic E-state index is 12.0. The fraction of sp³-hybridized carbons (Fsp3) is 0.188. The zero-order chi connectivity index (χ0) is 20.5. The van der Waals surface area contributed by atoms with Crippen LogP contribution in [0.25, 0.3) is 0 Å². The third-order valence-corrected chi connectivity index (χ3v) is 3.68. The van der Waals surface area contributed by atoms with Crippen LogP contribution in [0.1, 0.15) is 22.5 Å². The first-order chi connectivity index (χ1) is 13.4. The van der Waals surface area contributed by atoms with Gasteiger partial charge in [0, 0.05) is 6.54 Å². The molecule has 0 aliphatic rings. The Morgan fingerprint density at radius 1 is 1.07 bits per heavy atom. The van der Waals surface area contributed by atoms with Crippen molar-refractivity contribution in [1.29, 1.82) is 0 Å². The number of carbonyl (C=O) groups is 1. The molecule has 2 aromatic rings. The lowest BCUT2D eigenvalue weighted by atomic mass is 10.1. The van der Waals surface area contributed by atoms with E-state index >= 15 is 0 Å². The van der Waals surface area contributed by atoms with Crippen LogP contribution in [-0.2, 0) is 6.42 Å². The maximum atomic E-state index is 12.0. The summed E-state index contributed by atoms with van der Waals surface area (Å²) in [5.41, 5.74) is 28.0. The van der Waals surface area contributed by atoms with Gasteiger partial charge in [-0.3, -0.25) is 20.6 Å². The molecule has 0 fully saturated rings. The molecule has 0 radical (unpaired) electrons. The lowest BCUT2D eigenvalue weighted by Gasteiger charge is -2.09. The van der Waals surface area contributed by atoms with Crippen LogP contribution in [0.15, 0.2) is 40.3 Å². The van der Waals surface area contributed by atoms with Gasteiger partial charge in [0.05, 0.1) is 0 Å². The highest BCUT2D eigenvalue weighted by molar-refractivity contribution is 6.31. The van der Waals surface area contributed by atoms with E-state index in [9.17, 15) is 4.79 Å². The van der Waals surface area contributed by atoms with E-state index in [1.807, 2.05) is 30.3 Å². The number of hydrogen-bond acceptors (Lipinski definition) is 6. The second kappa shape index (κ2) is 9.92. The lowest BCUT2D eigenvalue weighted by Crippen LogP contribution is -2.46. The highest BCUT2D eigenvalue weighted by Crippen LogP contribution is 2.16. The van der Waals surface area contributed by atoms with E-state index in [0.717, 1.165) is 12.8 Å². The van der Waals surface area contributed by atoms with E-state index in [-0.39, 0.29) is 34.4 Å². The van der Waals surface area contributed by atoms with Gasteiger partial charge in [0.1, 0.15) is 0 Å². The Morgan fingerprint density at radius 2 is 1.79 bits per heavy atom. The standard InChI is InChI=1S/C16H21ClN10O/c17-11-13(19)24-12(18)10(23-11)14(28)26-27-16(21)25-15(20)22-8-4-7-9-5-2-1-3-6-9/h1-3,5-6H,4,7-8H2,(H,26,28)(H4,18,19,24)(H5,20,21,22,25,27). The van der Waals surface area contributed by atoms with E-state index in [2.05, 4.69) is 30.8 Å². The lowest BCUT2D eigenvalue weighted by molar-refractivity contribution is 0.0939. The summed E-state index contributed by atoms with van der Waals surface area (Å²) in [5, 5.41) is -0.145. The van der Waals surface area contributed by atoms with Crippen molar-refractivity contribution in [3.05, 3.63) is 46.7 Å². The highest BCUT2D eigenvalue weighted by Gasteiger charge is 2.15. The first kappa shape index (κ1) is 20.7. The molecule has 0 atom stereocenters. The molecular formula is C16H21ClN10O. The summed E-state index contributed by atoms with van der Waals surface area (Å²) in [6.45, 7) is 0.486. The summed E-state index contributed by atoms with van der Waals surface area (Å²) in [5.74, 6) is -1.20. The summed E-state index contributed by atoms with van der Waals surface area (Å²) < 4.78 is 0. The molecule has 1 amide bonds. The van der Waals surface area contributed by atoms with Crippen molar-refractivity contribution < 1.29 is 4.79 Å². The SMILES string of the molecule is NC(=NCCCc1ccccc1)/N=C(\N)NNC(=O)c1nc(Cl)c(N)nc1N. The molecule has 2 rings (SSSR count). The van der Waals surface area contributed by atoms with Crippen LogP contribution in [0.5, 0.6) is 0 Å². The van der Waals surface area contributed by atoms with Gasteiger partial charge in [0.25, 0.3) is 5.91 Å². The van der Waals surface area contributed by atoms with E-state index in [1.54, 1.807) is 0 Å². The van der Waals surface area contributed by atoms with Gasteiger partial charge in [-0.1, -0.05) is 41.9 Å². The van der Waals surface area contributed by atoms with Crippen LogP contribution in [-0.4, -0.2) is 34.3 Å². The third kappa shape index (κ3) is 6.29. The minimum absolute atomic E-state index is 0.0258. The van der Waals surface area contributed by atoms with Gasteiger partial charge in [-0.05, 0) is 18.4 Å². The summed E-state index contributed by atoms with van der Waals surface area (Å²) in [4.78, 5) is 27.4. The number of guanidine groups is 2. The third-order valence-electron chi connectivity index (χ3n) is 3.40. The molecule has 0 spiro atoms. The van der Waals surface area contributed by atoms with E-state index in [0.29, 0.717) is 6.54 Å². The Labute approximate surface area is 166 Å². The number of aliphatic imine (C=N–C) groups is 2. The fourth-order valence-electron chi connectivity index (χ4n) is 2.10. The Bertz CT molecular complexity index is 884. The van der Waals surface area contributed by atoms with Gasteiger partial charge in [-0.2, -0.15) is 4.99 Å². The zero-order valence-corrected chi connectivity index (χ0v) is 15.6. The average molecular weight is 405 g/mol. The number of aryl methyl sites for hydroxylation is 1. The molecule has 1 aromatic carbocycles. The first-order valence-electron chi connectivity index (χ1n) is 8.19. The summed E-state index contributed by atoms with van der Waals surface area (Å²) in [6, 6.07) is 10.0. The summed E-state index contributed by atoms with van der Waals surface area (Å²) in [6.07, 6.45) is 1.68. The molecule has 0 saturated heterocycles. The van der Waals surface area contributed by atoms with E-state index in [4.69, 9.17) is 34.5 Å². The Morgan fingerprint density at radius 3 is 2.50 bits per heavy atom. The minimum atomic E-state index is -0.733. The molecule has 0 saturated carbocycles.